The average Bonchev–Trinajstić information content (AvgIpc) is 3.11. The van der Waals surface area contributed by atoms with Gasteiger partial charge < -0.3 is 15.4 Å². The quantitative estimate of drug-likeness (QED) is 0.882. The molecule has 1 aromatic rings. The van der Waals surface area contributed by atoms with Gasteiger partial charge in [-0.2, -0.15) is 0 Å². The lowest BCUT2D eigenvalue weighted by Crippen LogP contribution is -2.34. The molecule has 116 valence electrons. The van der Waals surface area contributed by atoms with Crippen molar-refractivity contribution in [1.29, 1.82) is 0 Å². The Morgan fingerprint density at radius 3 is 2.91 bits per heavy atom. The zero-order valence-corrected chi connectivity index (χ0v) is 12.6. The number of carbonyl (C=O) groups excluding carboxylic acids is 2. The zero-order chi connectivity index (χ0) is 15.3. The normalized spacial score (nSPS) is 32.1. The molecule has 0 spiro atoms. The monoisotopic (exact) mass is 300 g/mol. The van der Waals surface area contributed by atoms with Crippen LogP contribution in [0.2, 0.25) is 0 Å². The Hall–Kier alpha value is -2.04. The topological polar surface area (TPSA) is 67.4 Å². The molecule has 0 radical (unpaired) electrons. The van der Waals surface area contributed by atoms with E-state index < -0.39 is 6.10 Å². The lowest BCUT2D eigenvalue weighted by molar-refractivity contribution is -0.123. The van der Waals surface area contributed by atoms with Crippen molar-refractivity contribution in [1.82, 2.24) is 0 Å². The molecule has 4 rings (SSSR count). The van der Waals surface area contributed by atoms with Gasteiger partial charge in [-0.15, -0.1) is 0 Å². The van der Waals surface area contributed by atoms with E-state index in [0.29, 0.717) is 23.0 Å². The summed E-state index contributed by atoms with van der Waals surface area (Å²) in [4.78, 5) is 24.1. The summed E-state index contributed by atoms with van der Waals surface area (Å²) in [7, 11) is 0. The van der Waals surface area contributed by atoms with Crippen LogP contribution in [0.1, 0.15) is 32.6 Å². The number of amides is 2. The van der Waals surface area contributed by atoms with Crippen LogP contribution in [0.25, 0.3) is 0 Å². The first-order valence-electron chi connectivity index (χ1n) is 8.02. The second-order valence-corrected chi connectivity index (χ2v) is 6.73. The van der Waals surface area contributed by atoms with Crippen LogP contribution in [0.3, 0.4) is 0 Å². The summed E-state index contributed by atoms with van der Waals surface area (Å²) in [5.41, 5.74) is 1.33. The van der Waals surface area contributed by atoms with E-state index in [1.165, 1.54) is 19.3 Å². The van der Waals surface area contributed by atoms with Crippen molar-refractivity contribution in [2.24, 2.45) is 17.8 Å². The zero-order valence-electron chi connectivity index (χ0n) is 12.6. The molecule has 0 aromatic heterocycles. The van der Waals surface area contributed by atoms with Crippen molar-refractivity contribution in [2.75, 3.05) is 10.6 Å². The number of nitrogens with one attached hydrogen (secondary N) is 2. The number of carbonyl (C=O) groups is 2. The number of fused-ring (bicyclic) bond motifs is 3. The van der Waals surface area contributed by atoms with Crippen molar-refractivity contribution in [3.8, 4) is 5.75 Å². The highest BCUT2D eigenvalue weighted by atomic mass is 16.5. The van der Waals surface area contributed by atoms with Crippen molar-refractivity contribution in [3.63, 3.8) is 0 Å². The maximum absolute atomic E-state index is 12.5. The van der Waals surface area contributed by atoms with E-state index in [2.05, 4.69) is 10.6 Å². The molecule has 4 unspecified atom stereocenters. The van der Waals surface area contributed by atoms with E-state index >= 15 is 0 Å². The minimum atomic E-state index is -0.484. The van der Waals surface area contributed by atoms with E-state index in [1.807, 2.05) is 6.07 Å². The molecule has 4 atom stereocenters. The van der Waals surface area contributed by atoms with Crippen LogP contribution in [-0.2, 0) is 9.59 Å². The van der Waals surface area contributed by atoms with Crippen molar-refractivity contribution < 1.29 is 14.3 Å². The average molecular weight is 300 g/mol. The summed E-state index contributed by atoms with van der Waals surface area (Å²) < 4.78 is 5.52. The molecule has 2 aliphatic carbocycles. The van der Waals surface area contributed by atoms with Crippen LogP contribution in [0.4, 0.5) is 11.4 Å². The molecule has 5 nitrogen and oxygen atoms in total. The van der Waals surface area contributed by atoms with E-state index in [0.717, 1.165) is 12.3 Å². The highest BCUT2D eigenvalue weighted by Crippen LogP contribution is 2.48. The van der Waals surface area contributed by atoms with Gasteiger partial charge >= 0.3 is 0 Å². The third-order valence-corrected chi connectivity index (χ3v) is 5.25. The molecule has 1 heterocycles. The maximum Gasteiger partial charge on any atom is 0.265 e. The van der Waals surface area contributed by atoms with Crippen LogP contribution in [-0.4, -0.2) is 17.9 Å². The molecule has 2 saturated carbocycles. The van der Waals surface area contributed by atoms with Gasteiger partial charge in [-0.05, 0) is 56.2 Å². The lowest BCUT2D eigenvalue weighted by Gasteiger charge is -2.24. The predicted octanol–water partition coefficient (Wildman–Crippen LogP) is 2.78. The number of hydrogen-bond acceptors (Lipinski definition) is 3. The molecule has 1 aliphatic heterocycles. The van der Waals surface area contributed by atoms with Crippen molar-refractivity contribution in [3.05, 3.63) is 18.2 Å². The summed E-state index contributed by atoms with van der Waals surface area (Å²) >= 11 is 0. The number of benzene rings is 1. The number of hydrogen-bond donors (Lipinski definition) is 2. The largest absolute Gasteiger partial charge is 0.479 e. The van der Waals surface area contributed by atoms with Crippen LogP contribution in [0, 0.1) is 17.8 Å². The first-order chi connectivity index (χ1) is 10.6. The Kier molecular flexibility index (Phi) is 3.10. The molecular weight excluding hydrogens is 280 g/mol. The number of ether oxygens (including phenoxy) is 1. The van der Waals surface area contributed by atoms with Gasteiger partial charge in [0.05, 0.1) is 5.69 Å². The Morgan fingerprint density at radius 1 is 1.32 bits per heavy atom. The van der Waals surface area contributed by atoms with E-state index in [1.54, 1.807) is 19.1 Å². The van der Waals surface area contributed by atoms with Crippen molar-refractivity contribution >= 4 is 23.2 Å². The van der Waals surface area contributed by atoms with E-state index in [4.69, 9.17) is 4.74 Å². The summed E-state index contributed by atoms with van der Waals surface area (Å²) in [5, 5.41) is 5.80. The molecule has 0 saturated heterocycles. The lowest BCUT2D eigenvalue weighted by atomic mass is 9.88. The van der Waals surface area contributed by atoms with E-state index in [9.17, 15) is 9.59 Å². The number of rotatable bonds is 2. The Balaban J connectivity index is 1.48. The predicted molar refractivity (Wildman–Crippen MR) is 82.7 cm³/mol. The standard InChI is InChI=1S/C17H20N2O3/c1-9-16(20)19-14-8-12(4-5-15(14)22-9)18-17(21)13-7-10-2-3-11(13)6-10/h4-5,8-11,13H,2-3,6-7H2,1H3,(H,18,21)(H,19,20). The van der Waals surface area contributed by atoms with Crippen LogP contribution >= 0.6 is 0 Å². The van der Waals surface area contributed by atoms with Gasteiger partial charge in [0.15, 0.2) is 6.10 Å². The summed E-state index contributed by atoms with van der Waals surface area (Å²) in [6.45, 7) is 1.71. The molecule has 2 fully saturated rings. The van der Waals surface area contributed by atoms with E-state index in [-0.39, 0.29) is 17.7 Å². The number of anilines is 2. The fourth-order valence-corrected chi connectivity index (χ4v) is 4.09. The molecule has 5 heteroatoms. The third-order valence-electron chi connectivity index (χ3n) is 5.25. The van der Waals surface area contributed by atoms with Gasteiger partial charge in [0.1, 0.15) is 5.75 Å². The van der Waals surface area contributed by atoms with Gasteiger partial charge in [0, 0.05) is 11.6 Å². The van der Waals surface area contributed by atoms with Gasteiger partial charge in [0.25, 0.3) is 5.91 Å². The fraction of sp³-hybridized carbons (Fsp3) is 0.529. The van der Waals surface area contributed by atoms with Crippen LogP contribution < -0.4 is 15.4 Å². The Labute approximate surface area is 129 Å². The molecule has 1 aromatic carbocycles. The molecule has 22 heavy (non-hydrogen) atoms. The fourth-order valence-electron chi connectivity index (χ4n) is 4.09. The van der Waals surface area contributed by atoms with Gasteiger partial charge in [0.2, 0.25) is 5.91 Å². The maximum atomic E-state index is 12.5. The smallest absolute Gasteiger partial charge is 0.265 e. The van der Waals surface area contributed by atoms with Gasteiger partial charge in [-0.1, -0.05) is 6.42 Å². The molecule has 2 amide bonds. The highest BCUT2D eigenvalue weighted by Gasteiger charge is 2.43. The minimum Gasteiger partial charge on any atom is -0.479 e. The van der Waals surface area contributed by atoms with Crippen LogP contribution in [0.5, 0.6) is 5.75 Å². The van der Waals surface area contributed by atoms with Gasteiger partial charge in [-0.3, -0.25) is 9.59 Å². The second-order valence-electron chi connectivity index (χ2n) is 6.73. The third kappa shape index (κ3) is 2.25. The Morgan fingerprint density at radius 2 is 2.18 bits per heavy atom. The summed E-state index contributed by atoms with van der Waals surface area (Å²) in [5.74, 6) is 2.06. The van der Waals surface area contributed by atoms with Crippen LogP contribution in [0.15, 0.2) is 18.2 Å². The van der Waals surface area contributed by atoms with Gasteiger partial charge in [-0.25, -0.2) is 0 Å². The first kappa shape index (κ1) is 13.6. The summed E-state index contributed by atoms with van der Waals surface area (Å²) in [6.07, 6.45) is 4.23. The summed E-state index contributed by atoms with van der Waals surface area (Å²) in [6, 6.07) is 5.39. The SMILES string of the molecule is CC1Oc2ccc(NC(=O)C3CC4CCC3C4)cc2NC1=O. The molecular formula is C17H20N2O3. The molecule has 2 bridgehead atoms. The Bertz CT molecular complexity index is 643. The highest BCUT2D eigenvalue weighted by molar-refractivity contribution is 5.99. The second kappa shape index (κ2) is 5.00. The molecule has 2 N–H and O–H groups in total. The minimum absolute atomic E-state index is 0.114. The molecule has 3 aliphatic rings. The first-order valence-corrected chi connectivity index (χ1v) is 8.02. The van der Waals surface area contributed by atoms with Crippen molar-refractivity contribution in [2.45, 2.75) is 38.7 Å².